The summed E-state index contributed by atoms with van der Waals surface area (Å²) < 4.78 is 7.76. The highest BCUT2D eigenvalue weighted by Gasteiger charge is 2.10. The molecule has 164 valence electrons. The highest BCUT2D eigenvalue weighted by Crippen LogP contribution is 2.15. The van der Waals surface area contributed by atoms with Crippen LogP contribution in [0.25, 0.3) is 10.9 Å². The third-order valence-electron chi connectivity index (χ3n) is 5.73. The number of fused-ring (bicyclic) bond motifs is 1. The van der Waals surface area contributed by atoms with Gasteiger partial charge in [0.1, 0.15) is 0 Å². The summed E-state index contributed by atoms with van der Waals surface area (Å²) in [6.07, 6.45) is 3.20. The molecule has 0 spiro atoms. The molecule has 0 amide bonds. The average molecular weight is 420 g/mol. The smallest absolute Gasteiger partial charge is 0.191 e. The van der Waals surface area contributed by atoms with Gasteiger partial charge in [0.2, 0.25) is 0 Å². The van der Waals surface area contributed by atoms with Crippen molar-refractivity contribution in [2.24, 2.45) is 4.99 Å². The monoisotopic (exact) mass is 419 g/mol. The number of morpholine rings is 1. The molecule has 1 fully saturated rings. The number of ether oxygens (including phenoxy) is 1. The third kappa shape index (κ3) is 6.09. The maximum Gasteiger partial charge on any atom is 0.191 e. The van der Waals surface area contributed by atoms with E-state index in [1.807, 2.05) is 7.05 Å². The Kier molecular flexibility index (Phi) is 7.58. The second-order valence-electron chi connectivity index (χ2n) is 7.98. The first-order valence-corrected chi connectivity index (χ1v) is 11.2. The van der Waals surface area contributed by atoms with Crippen molar-refractivity contribution in [1.82, 2.24) is 20.1 Å². The number of rotatable bonds is 8. The van der Waals surface area contributed by atoms with Crippen molar-refractivity contribution in [2.45, 2.75) is 26.1 Å². The Morgan fingerprint density at radius 3 is 2.71 bits per heavy atom. The van der Waals surface area contributed by atoms with Crippen LogP contribution in [0, 0.1) is 0 Å². The van der Waals surface area contributed by atoms with E-state index in [9.17, 15) is 0 Å². The topological polar surface area (TPSA) is 53.8 Å². The van der Waals surface area contributed by atoms with Crippen molar-refractivity contribution >= 4 is 16.9 Å². The lowest BCUT2D eigenvalue weighted by atomic mass is 10.1. The molecule has 2 aromatic carbocycles. The molecule has 1 aliphatic rings. The second-order valence-corrected chi connectivity index (χ2v) is 7.98. The molecular weight excluding hydrogens is 386 g/mol. The lowest BCUT2D eigenvalue weighted by Gasteiger charge is -2.26. The van der Waals surface area contributed by atoms with Crippen molar-refractivity contribution in [3.63, 3.8) is 0 Å². The predicted octanol–water partition coefficient (Wildman–Crippen LogP) is 3.23. The number of guanidine groups is 1. The highest BCUT2D eigenvalue weighted by atomic mass is 16.5. The van der Waals surface area contributed by atoms with E-state index >= 15 is 0 Å². The van der Waals surface area contributed by atoms with Crippen LogP contribution in [0.5, 0.6) is 0 Å². The van der Waals surface area contributed by atoms with Gasteiger partial charge in [0.25, 0.3) is 0 Å². The lowest BCUT2D eigenvalue weighted by Crippen LogP contribution is -2.37. The first kappa shape index (κ1) is 21.4. The van der Waals surface area contributed by atoms with E-state index < -0.39 is 0 Å². The van der Waals surface area contributed by atoms with E-state index in [0.717, 1.165) is 64.9 Å². The molecule has 6 nitrogen and oxygen atoms in total. The summed E-state index contributed by atoms with van der Waals surface area (Å²) in [7, 11) is 1.82. The zero-order valence-electron chi connectivity index (χ0n) is 18.4. The number of benzene rings is 2. The number of aromatic nitrogens is 1. The summed E-state index contributed by atoms with van der Waals surface area (Å²) >= 11 is 0. The van der Waals surface area contributed by atoms with Crippen molar-refractivity contribution in [2.75, 3.05) is 39.9 Å². The van der Waals surface area contributed by atoms with Crippen molar-refractivity contribution in [1.29, 1.82) is 0 Å². The van der Waals surface area contributed by atoms with Gasteiger partial charge < -0.3 is 19.9 Å². The van der Waals surface area contributed by atoms with Crippen LogP contribution in [0.3, 0.4) is 0 Å². The first-order chi connectivity index (χ1) is 15.3. The summed E-state index contributed by atoms with van der Waals surface area (Å²) in [6, 6.07) is 19.5. The molecule has 0 atom stereocenters. The van der Waals surface area contributed by atoms with E-state index in [2.05, 4.69) is 85.9 Å². The zero-order chi connectivity index (χ0) is 21.3. The van der Waals surface area contributed by atoms with Crippen LogP contribution in [0.2, 0.25) is 0 Å². The van der Waals surface area contributed by atoms with E-state index in [1.165, 1.54) is 22.0 Å². The molecule has 1 aliphatic heterocycles. The standard InChI is InChI=1S/C25H33N5O/c1-26-25(27-11-5-12-30-13-10-23-8-2-3-9-24(23)30)28-19-21-6-4-7-22(18-21)20-29-14-16-31-17-15-29/h2-4,6-10,13,18H,5,11-12,14-17,19-20H2,1H3,(H2,26,27,28). The number of hydrogen-bond donors (Lipinski definition) is 2. The molecule has 2 heterocycles. The van der Waals surface area contributed by atoms with E-state index in [1.54, 1.807) is 0 Å². The van der Waals surface area contributed by atoms with Gasteiger partial charge in [-0.2, -0.15) is 0 Å². The molecule has 6 heteroatoms. The molecule has 0 bridgehead atoms. The van der Waals surface area contributed by atoms with Crippen molar-refractivity contribution in [3.05, 3.63) is 71.9 Å². The lowest BCUT2D eigenvalue weighted by molar-refractivity contribution is 0.0342. The van der Waals surface area contributed by atoms with Gasteiger partial charge in [0, 0.05) is 58.0 Å². The molecule has 4 rings (SSSR count). The fourth-order valence-electron chi connectivity index (χ4n) is 4.05. The minimum Gasteiger partial charge on any atom is -0.379 e. The van der Waals surface area contributed by atoms with Gasteiger partial charge in [-0.15, -0.1) is 0 Å². The maximum atomic E-state index is 5.45. The summed E-state index contributed by atoms with van der Waals surface area (Å²) in [5.41, 5.74) is 3.91. The minimum atomic E-state index is 0.763. The molecule has 0 aliphatic carbocycles. The molecule has 1 saturated heterocycles. The van der Waals surface area contributed by atoms with Gasteiger partial charge in [-0.1, -0.05) is 42.5 Å². The van der Waals surface area contributed by atoms with E-state index in [4.69, 9.17) is 4.74 Å². The van der Waals surface area contributed by atoms with Crippen LogP contribution in [0.4, 0.5) is 0 Å². The zero-order valence-corrected chi connectivity index (χ0v) is 18.4. The van der Waals surface area contributed by atoms with Crippen LogP contribution < -0.4 is 10.6 Å². The average Bonchev–Trinajstić information content (AvgIpc) is 3.23. The number of aryl methyl sites for hydroxylation is 1. The second kappa shape index (κ2) is 11.0. The van der Waals surface area contributed by atoms with Gasteiger partial charge in [-0.3, -0.25) is 9.89 Å². The molecular formula is C25H33N5O. The minimum absolute atomic E-state index is 0.763. The van der Waals surface area contributed by atoms with Crippen molar-refractivity contribution in [3.8, 4) is 0 Å². The SMILES string of the molecule is CN=C(NCCCn1ccc2ccccc21)NCc1cccc(CN2CCOCC2)c1. The van der Waals surface area contributed by atoms with Gasteiger partial charge in [0.05, 0.1) is 13.2 Å². The Morgan fingerprint density at radius 1 is 1.00 bits per heavy atom. The summed E-state index contributed by atoms with van der Waals surface area (Å²) in [4.78, 5) is 6.82. The van der Waals surface area contributed by atoms with Crippen LogP contribution in [0.15, 0.2) is 65.8 Å². The summed E-state index contributed by atoms with van der Waals surface area (Å²) in [5.74, 6) is 0.843. The molecule has 31 heavy (non-hydrogen) atoms. The molecule has 0 radical (unpaired) electrons. The third-order valence-corrected chi connectivity index (χ3v) is 5.73. The molecule has 3 aromatic rings. The molecule has 0 unspecified atom stereocenters. The maximum absolute atomic E-state index is 5.45. The number of aliphatic imine (C=N–C) groups is 1. The van der Waals surface area contributed by atoms with Crippen LogP contribution in [0.1, 0.15) is 17.5 Å². The normalized spacial score (nSPS) is 15.3. The predicted molar refractivity (Wildman–Crippen MR) is 127 cm³/mol. The first-order valence-electron chi connectivity index (χ1n) is 11.2. The Balaban J connectivity index is 1.21. The van der Waals surface area contributed by atoms with Crippen LogP contribution in [-0.4, -0.2) is 55.3 Å². The van der Waals surface area contributed by atoms with Gasteiger partial charge in [-0.05, 0) is 35.1 Å². The molecule has 1 aromatic heterocycles. The van der Waals surface area contributed by atoms with Crippen molar-refractivity contribution < 1.29 is 4.74 Å². The Morgan fingerprint density at radius 2 is 1.84 bits per heavy atom. The number of nitrogens with zero attached hydrogens (tertiary/aromatic N) is 3. The fourth-order valence-corrected chi connectivity index (χ4v) is 4.05. The quantitative estimate of drug-likeness (QED) is 0.334. The summed E-state index contributed by atoms with van der Waals surface area (Å²) in [5, 5.41) is 8.17. The number of para-hydroxylation sites is 1. The van der Waals surface area contributed by atoms with Crippen LogP contribution in [-0.2, 0) is 24.4 Å². The Bertz CT molecular complexity index is 990. The number of hydrogen-bond acceptors (Lipinski definition) is 3. The Labute approximate surface area is 184 Å². The van der Waals surface area contributed by atoms with E-state index in [0.29, 0.717) is 0 Å². The van der Waals surface area contributed by atoms with Gasteiger partial charge >= 0.3 is 0 Å². The van der Waals surface area contributed by atoms with Crippen LogP contribution >= 0.6 is 0 Å². The highest BCUT2D eigenvalue weighted by molar-refractivity contribution is 5.80. The molecule has 2 N–H and O–H groups in total. The summed E-state index contributed by atoms with van der Waals surface area (Å²) in [6.45, 7) is 7.31. The van der Waals surface area contributed by atoms with Gasteiger partial charge in [0.15, 0.2) is 5.96 Å². The Hall–Kier alpha value is -2.83. The van der Waals surface area contributed by atoms with E-state index in [-0.39, 0.29) is 0 Å². The van der Waals surface area contributed by atoms with Gasteiger partial charge in [-0.25, -0.2) is 0 Å². The number of nitrogens with one attached hydrogen (secondary N) is 2. The largest absolute Gasteiger partial charge is 0.379 e. The molecule has 0 saturated carbocycles. The fraction of sp³-hybridized carbons (Fsp3) is 0.400.